The molecule has 15 heavy (non-hydrogen) atoms. The quantitative estimate of drug-likeness (QED) is 0.641. The number of likely N-dealkylation sites (tertiary alicyclic amines) is 1. The van der Waals surface area contributed by atoms with Crippen LogP contribution in [0.3, 0.4) is 0 Å². The number of piperidine rings is 1. The summed E-state index contributed by atoms with van der Waals surface area (Å²) in [6.07, 6.45) is 4.29. The van der Waals surface area contributed by atoms with Gasteiger partial charge in [0.1, 0.15) is 0 Å². The van der Waals surface area contributed by atoms with E-state index in [4.69, 9.17) is 5.73 Å². The van der Waals surface area contributed by atoms with Crippen LogP contribution >= 0.6 is 0 Å². The van der Waals surface area contributed by atoms with Crippen molar-refractivity contribution in [3.05, 3.63) is 0 Å². The first-order valence-electron chi connectivity index (χ1n) is 5.92. The van der Waals surface area contributed by atoms with Crippen LogP contribution in [0, 0.1) is 5.92 Å². The van der Waals surface area contributed by atoms with Crippen molar-refractivity contribution >= 4 is 5.91 Å². The van der Waals surface area contributed by atoms with E-state index in [1.807, 2.05) is 0 Å². The molecule has 1 aliphatic heterocycles. The molecule has 0 atom stereocenters. The number of amides is 1. The fourth-order valence-corrected chi connectivity index (χ4v) is 2.10. The Morgan fingerprint density at radius 2 is 2.07 bits per heavy atom. The van der Waals surface area contributed by atoms with Crippen LogP contribution in [0.25, 0.3) is 0 Å². The number of nitrogens with two attached hydrogens (primary N) is 1. The van der Waals surface area contributed by atoms with E-state index < -0.39 is 0 Å². The summed E-state index contributed by atoms with van der Waals surface area (Å²) < 4.78 is 0. The molecule has 4 nitrogen and oxygen atoms in total. The van der Waals surface area contributed by atoms with Gasteiger partial charge in [0.25, 0.3) is 0 Å². The first kappa shape index (κ1) is 12.5. The van der Waals surface area contributed by atoms with E-state index in [1.54, 1.807) is 7.05 Å². The third kappa shape index (κ3) is 4.18. The molecule has 1 heterocycles. The lowest BCUT2D eigenvalue weighted by atomic mass is 9.96. The lowest BCUT2D eigenvalue weighted by molar-refractivity contribution is -0.125. The number of nitrogens with one attached hydrogen (secondary N) is 1. The Kier molecular flexibility index (Phi) is 5.65. The van der Waals surface area contributed by atoms with E-state index in [2.05, 4.69) is 10.2 Å². The van der Waals surface area contributed by atoms with Crippen LogP contribution in [0.4, 0.5) is 0 Å². The number of rotatable bonds is 5. The van der Waals surface area contributed by atoms with Gasteiger partial charge in [-0.05, 0) is 51.9 Å². The van der Waals surface area contributed by atoms with Gasteiger partial charge in [0.05, 0.1) is 0 Å². The van der Waals surface area contributed by atoms with Crippen LogP contribution in [0.5, 0.6) is 0 Å². The second-order valence-corrected chi connectivity index (χ2v) is 4.23. The van der Waals surface area contributed by atoms with Crippen molar-refractivity contribution < 1.29 is 4.79 Å². The maximum atomic E-state index is 11.4. The van der Waals surface area contributed by atoms with Crippen molar-refractivity contribution in [3.8, 4) is 0 Å². The van der Waals surface area contributed by atoms with Crippen molar-refractivity contribution in [1.29, 1.82) is 0 Å². The highest BCUT2D eigenvalue weighted by Crippen LogP contribution is 2.17. The molecular formula is C11H23N3O. The standard InChI is InChI=1S/C11H23N3O/c1-13-11(15)10-4-8-14(9-5-10)7-3-2-6-12/h10H,2-9,12H2,1H3,(H,13,15). The normalized spacial score (nSPS) is 19.1. The number of unbranched alkanes of at least 4 members (excludes halogenated alkanes) is 1. The molecule has 0 aliphatic carbocycles. The lowest BCUT2D eigenvalue weighted by Gasteiger charge is -2.30. The molecule has 1 aliphatic rings. The first-order chi connectivity index (χ1) is 7.27. The average molecular weight is 213 g/mol. The zero-order chi connectivity index (χ0) is 11.1. The molecule has 0 aromatic carbocycles. The second-order valence-electron chi connectivity index (χ2n) is 4.23. The van der Waals surface area contributed by atoms with E-state index in [1.165, 1.54) is 6.42 Å². The maximum absolute atomic E-state index is 11.4. The molecule has 4 heteroatoms. The van der Waals surface area contributed by atoms with Crippen molar-refractivity contribution in [1.82, 2.24) is 10.2 Å². The van der Waals surface area contributed by atoms with Gasteiger partial charge in [-0.15, -0.1) is 0 Å². The fourth-order valence-electron chi connectivity index (χ4n) is 2.10. The first-order valence-corrected chi connectivity index (χ1v) is 5.92. The summed E-state index contributed by atoms with van der Waals surface area (Å²) in [4.78, 5) is 13.8. The molecule has 0 spiro atoms. The zero-order valence-corrected chi connectivity index (χ0v) is 9.67. The molecule has 0 bridgehead atoms. The summed E-state index contributed by atoms with van der Waals surface area (Å²) in [5, 5.41) is 2.73. The number of carbonyl (C=O) groups excluding carboxylic acids is 1. The summed E-state index contributed by atoms with van der Waals surface area (Å²) in [6, 6.07) is 0. The van der Waals surface area contributed by atoms with E-state index in [9.17, 15) is 4.79 Å². The molecule has 0 radical (unpaired) electrons. The van der Waals surface area contributed by atoms with Gasteiger partial charge in [-0.25, -0.2) is 0 Å². The van der Waals surface area contributed by atoms with Crippen LogP contribution in [-0.2, 0) is 4.79 Å². The molecular weight excluding hydrogens is 190 g/mol. The summed E-state index contributed by atoms with van der Waals surface area (Å²) in [5.41, 5.74) is 5.45. The topological polar surface area (TPSA) is 58.4 Å². The van der Waals surface area contributed by atoms with Crippen molar-refractivity contribution in [2.24, 2.45) is 11.7 Å². The SMILES string of the molecule is CNC(=O)C1CCN(CCCCN)CC1. The molecule has 0 saturated carbocycles. The summed E-state index contributed by atoms with van der Waals surface area (Å²) >= 11 is 0. The molecule has 0 unspecified atom stereocenters. The average Bonchev–Trinajstić information content (AvgIpc) is 2.29. The van der Waals surface area contributed by atoms with Crippen LogP contribution in [0.1, 0.15) is 25.7 Å². The van der Waals surface area contributed by atoms with E-state index in [-0.39, 0.29) is 11.8 Å². The van der Waals surface area contributed by atoms with Crippen LogP contribution in [0.15, 0.2) is 0 Å². The monoisotopic (exact) mass is 213 g/mol. The van der Waals surface area contributed by atoms with Gasteiger partial charge in [0, 0.05) is 13.0 Å². The summed E-state index contributed by atoms with van der Waals surface area (Å²) in [7, 11) is 1.72. The van der Waals surface area contributed by atoms with Crippen molar-refractivity contribution in [2.45, 2.75) is 25.7 Å². The predicted octanol–water partition coefficient (Wildman–Crippen LogP) is 0.183. The third-order valence-corrected chi connectivity index (χ3v) is 3.13. The fraction of sp³-hybridized carbons (Fsp3) is 0.909. The number of hydrogen-bond donors (Lipinski definition) is 2. The third-order valence-electron chi connectivity index (χ3n) is 3.13. The molecule has 88 valence electrons. The number of hydrogen-bond acceptors (Lipinski definition) is 3. The van der Waals surface area contributed by atoms with E-state index >= 15 is 0 Å². The van der Waals surface area contributed by atoms with E-state index in [0.717, 1.165) is 45.4 Å². The van der Waals surface area contributed by atoms with Gasteiger partial charge >= 0.3 is 0 Å². The maximum Gasteiger partial charge on any atom is 0.222 e. The lowest BCUT2D eigenvalue weighted by Crippen LogP contribution is -2.39. The molecule has 1 fully saturated rings. The Balaban J connectivity index is 2.15. The number of carbonyl (C=O) groups is 1. The molecule has 3 N–H and O–H groups in total. The molecule has 1 amide bonds. The number of nitrogens with zero attached hydrogens (tertiary/aromatic N) is 1. The Bertz CT molecular complexity index is 188. The van der Waals surface area contributed by atoms with Crippen molar-refractivity contribution in [2.75, 3.05) is 33.2 Å². The van der Waals surface area contributed by atoms with Gasteiger partial charge in [-0.2, -0.15) is 0 Å². The van der Waals surface area contributed by atoms with Crippen LogP contribution in [0.2, 0.25) is 0 Å². The Hall–Kier alpha value is -0.610. The molecule has 0 aromatic rings. The van der Waals surface area contributed by atoms with E-state index in [0.29, 0.717) is 0 Å². The van der Waals surface area contributed by atoms with Crippen molar-refractivity contribution in [3.63, 3.8) is 0 Å². The summed E-state index contributed by atoms with van der Waals surface area (Å²) in [5.74, 6) is 0.442. The van der Waals surface area contributed by atoms with Gasteiger partial charge < -0.3 is 16.0 Å². The molecule has 0 aromatic heterocycles. The van der Waals surface area contributed by atoms with Gasteiger partial charge in [0.15, 0.2) is 0 Å². The van der Waals surface area contributed by atoms with Gasteiger partial charge in [-0.3, -0.25) is 4.79 Å². The molecule has 1 saturated heterocycles. The smallest absolute Gasteiger partial charge is 0.222 e. The van der Waals surface area contributed by atoms with Gasteiger partial charge in [-0.1, -0.05) is 0 Å². The Labute approximate surface area is 92.2 Å². The molecule has 1 rings (SSSR count). The minimum absolute atomic E-state index is 0.205. The van der Waals surface area contributed by atoms with Crippen LogP contribution < -0.4 is 11.1 Å². The van der Waals surface area contributed by atoms with Gasteiger partial charge in [0.2, 0.25) is 5.91 Å². The predicted molar refractivity (Wildman–Crippen MR) is 61.5 cm³/mol. The Morgan fingerprint density at radius 3 is 2.60 bits per heavy atom. The second kappa shape index (κ2) is 6.80. The highest BCUT2D eigenvalue weighted by molar-refractivity contribution is 5.78. The minimum atomic E-state index is 0.205. The largest absolute Gasteiger partial charge is 0.359 e. The highest BCUT2D eigenvalue weighted by Gasteiger charge is 2.23. The minimum Gasteiger partial charge on any atom is -0.359 e. The van der Waals surface area contributed by atoms with Crippen LogP contribution in [-0.4, -0.2) is 44.0 Å². The highest BCUT2D eigenvalue weighted by atomic mass is 16.1. The Morgan fingerprint density at radius 1 is 1.40 bits per heavy atom. The zero-order valence-electron chi connectivity index (χ0n) is 9.67. The summed E-state index contributed by atoms with van der Waals surface area (Å²) in [6.45, 7) is 4.04.